The molecule has 1 unspecified atom stereocenters. The van der Waals surface area contributed by atoms with Crippen molar-refractivity contribution in [2.24, 2.45) is 10.7 Å². The van der Waals surface area contributed by atoms with Crippen molar-refractivity contribution < 1.29 is 17.9 Å². The predicted molar refractivity (Wildman–Crippen MR) is 118 cm³/mol. The number of nitrogens with zero attached hydrogens (tertiary/aromatic N) is 1. The van der Waals surface area contributed by atoms with Gasteiger partial charge in [0.1, 0.15) is 5.17 Å². The van der Waals surface area contributed by atoms with Crippen molar-refractivity contribution in [2.75, 3.05) is 24.3 Å². The molecule has 29 heavy (non-hydrogen) atoms. The fourth-order valence-electron chi connectivity index (χ4n) is 2.97. The molecule has 0 spiro atoms. The van der Waals surface area contributed by atoms with Gasteiger partial charge in [0.2, 0.25) is 0 Å². The van der Waals surface area contributed by atoms with E-state index in [2.05, 4.69) is 20.9 Å². The highest BCUT2D eigenvalue weighted by Crippen LogP contribution is 2.62. The molecule has 2 aromatic rings. The summed E-state index contributed by atoms with van der Waals surface area (Å²) in [5, 5.41) is 3.42. The Labute approximate surface area is 182 Å². The molecule has 3 rings (SSSR count). The smallest absolute Gasteiger partial charge is 0.380 e. The van der Waals surface area contributed by atoms with Crippen molar-refractivity contribution >= 4 is 48.4 Å². The average Bonchev–Trinajstić information content (AvgIpc) is 3.02. The van der Waals surface area contributed by atoms with Gasteiger partial charge in [0.05, 0.1) is 24.5 Å². The summed E-state index contributed by atoms with van der Waals surface area (Å²) in [5.74, 6) is 0.445. The van der Waals surface area contributed by atoms with Crippen LogP contribution in [0.4, 0.5) is 13.2 Å². The fourth-order valence-corrected chi connectivity index (χ4v) is 6.32. The third-order valence-corrected chi connectivity index (χ3v) is 8.32. The summed E-state index contributed by atoms with van der Waals surface area (Å²) >= 11 is 9.38. The van der Waals surface area contributed by atoms with E-state index in [0.29, 0.717) is 45.1 Å². The zero-order chi connectivity index (χ0) is 21.1. The Hall–Kier alpha value is -1.48. The number of halogens is 5. The van der Waals surface area contributed by atoms with Crippen LogP contribution in [0.5, 0.6) is 0 Å². The van der Waals surface area contributed by atoms with Crippen LogP contribution in [0.25, 0.3) is 5.70 Å². The van der Waals surface area contributed by atoms with Gasteiger partial charge in [-0.25, -0.2) is 4.99 Å². The molecule has 2 N–H and O–H groups in total. The van der Waals surface area contributed by atoms with E-state index in [0.717, 1.165) is 11.6 Å². The maximum Gasteiger partial charge on any atom is 0.416 e. The molecule has 0 amide bonds. The number of alkyl halides is 4. The lowest BCUT2D eigenvalue weighted by molar-refractivity contribution is -0.137. The van der Waals surface area contributed by atoms with Crippen LogP contribution in [0, 0.1) is 0 Å². The maximum absolute atomic E-state index is 13.3. The van der Waals surface area contributed by atoms with Gasteiger partial charge in [-0.05, 0) is 35.7 Å². The molecule has 0 saturated heterocycles. The molecule has 2 aromatic carbocycles. The Kier molecular flexibility index (Phi) is 6.98. The van der Waals surface area contributed by atoms with Crippen LogP contribution in [-0.4, -0.2) is 29.5 Å². The first-order valence-corrected chi connectivity index (χ1v) is 12.1. The Bertz CT molecular complexity index is 951. The topological polar surface area (TPSA) is 47.6 Å². The summed E-state index contributed by atoms with van der Waals surface area (Å²) in [5.41, 5.74) is 7.01. The minimum absolute atomic E-state index is 0.314. The lowest BCUT2D eigenvalue weighted by Crippen LogP contribution is -2.23. The van der Waals surface area contributed by atoms with Crippen LogP contribution < -0.4 is 5.73 Å². The number of nitrogens with two attached hydrogens (primary N) is 1. The first-order valence-electron chi connectivity index (χ1n) is 8.70. The van der Waals surface area contributed by atoms with Crippen molar-refractivity contribution in [3.05, 3.63) is 70.1 Å². The van der Waals surface area contributed by atoms with Crippen LogP contribution in [0.15, 0.2) is 63.8 Å². The van der Waals surface area contributed by atoms with Crippen LogP contribution in [0.2, 0.25) is 5.02 Å². The number of hydrogen-bond donors (Lipinski definition) is 1. The second-order valence-corrected chi connectivity index (χ2v) is 10.6. The molecule has 1 atom stereocenters. The van der Waals surface area contributed by atoms with Crippen LogP contribution in [0.3, 0.4) is 0 Å². The van der Waals surface area contributed by atoms with Crippen molar-refractivity contribution in [1.29, 1.82) is 0 Å². The van der Waals surface area contributed by atoms with Gasteiger partial charge in [0, 0.05) is 26.6 Å². The van der Waals surface area contributed by atoms with Gasteiger partial charge < -0.3 is 10.5 Å². The molecule has 0 bridgehead atoms. The van der Waals surface area contributed by atoms with Gasteiger partial charge >= 0.3 is 6.18 Å². The molecule has 0 saturated carbocycles. The Morgan fingerprint density at radius 3 is 2.55 bits per heavy atom. The van der Waals surface area contributed by atoms with E-state index in [1.807, 2.05) is 11.5 Å². The van der Waals surface area contributed by atoms with Crippen molar-refractivity contribution in [3.63, 3.8) is 0 Å². The van der Waals surface area contributed by atoms with E-state index in [-0.39, 0.29) is 0 Å². The van der Waals surface area contributed by atoms with E-state index in [1.165, 1.54) is 12.1 Å². The van der Waals surface area contributed by atoms with E-state index in [1.54, 1.807) is 24.3 Å². The summed E-state index contributed by atoms with van der Waals surface area (Å²) in [6, 6.07) is 12.4. The monoisotopic (exact) mass is 506 g/mol. The molecule has 1 aliphatic heterocycles. The molecule has 9 heteroatoms. The van der Waals surface area contributed by atoms with Gasteiger partial charge in [0.15, 0.2) is 0 Å². The molecule has 0 aliphatic carbocycles. The number of benzene rings is 2. The standard InChI is InChI=1S/C20H19BrClF3N2OS/c21-7-8-28-9-10-29(17-6-2-4-15(12-17)20(23,24)25)13-18(27-19(29)26)14-3-1-5-16(22)11-14/h1-6,11-13H,7-10H2,(H2,26,27). The number of rotatable bonds is 7. The molecular formula is C20H19BrClF3N2OS. The van der Waals surface area contributed by atoms with Crippen molar-refractivity contribution in [2.45, 2.75) is 11.1 Å². The fraction of sp³-hybridized carbons (Fsp3) is 0.250. The van der Waals surface area contributed by atoms with Gasteiger partial charge in [0.25, 0.3) is 0 Å². The normalized spacial score (nSPS) is 21.4. The van der Waals surface area contributed by atoms with E-state index in [4.69, 9.17) is 22.1 Å². The first-order chi connectivity index (χ1) is 13.8. The Morgan fingerprint density at radius 1 is 1.10 bits per heavy atom. The summed E-state index contributed by atoms with van der Waals surface area (Å²) in [4.78, 5) is 5.02. The third-order valence-electron chi connectivity index (χ3n) is 4.39. The van der Waals surface area contributed by atoms with E-state index >= 15 is 0 Å². The van der Waals surface area contributed by atoms with E-state index in [9.17, 15) is 13.2 Å². The maximum atomic E-state index is 13.3. The van der Waals surface area contributed by atoms with Gasteiger partial charge in [-0.1, -0.05) is 45.7 Å². The summed E-state index contributed by atoms with van der Waals surface area (Å²) < 4.78 is 45.5. The van der Waals surface area contributed by atoms with Crippen LogP contribution >= 0.6 is 37.6 Å². The molecule has 0 radical (unpaired) electrons. The second kappa shape index (κ2) is 9.12. The largest absolute Gasteiger partial charge is 0.416 e. The van der Waals surface area contributed by atoms with Gasteiger partial charge in [-0.2, -0.15) is 13.2 Å². The van der Waals surface area contributed by atoms with Crippen molar-refractivity contribution in [3.8, 4) is 0 Å². The molecule has 3 nitrogen and oxygen atoms in total. The minimum Gasteiger partial charge on any atom is -0.380 e. The molecule has 1 heterocycles. The number of hydrogen-bond acceptors (Lipinski definition) is 3. The predicted octanol–water partition coefficient (Wildman–Crippen LogP) is 6.26. The number of aliphatic imine (C=N–C) groups is 1. The molecule has 1 aliphatic rings. The number of amidine groups is 1. The molecule has 0 aromatic heterocycles. The van der Waals surface area contributed by atoms with Crippen LogP contribution in [0.1, 0.15) is 11.1 Å². The lowest BCUT2D eigenvalue weighted by Gasteiger charge is -2.34. The highest BCUT2D eigenvalue weighted by atomic mass is 79.9. The highest BCUT2D eigenvalue weighted by molar-refractivity contribution is 9.09. The lowest BCUT2D eigenvalue weighted by atomic mass is 10.2. The van der Waals surface area contributed by atoms with Crippen molar-refractivity contribution in [1.82, 2.24) is 0 Å². The Balaban J connectivity index is 2.06. The quantitative estimate of drug-likeness (QED) is 0.355. The zero-order valence-electron chi connectivity index (χ0n) is 15.3. The van der Waals surface area contributed by atoms with Gasteiger partial charge in [-0.3, -0.25) is 0 Å². The second-order valence-electron chi connectivity index (χ2n) is 6.29. The number of ether oxygens (including phenoxy) is 1. The molecule has 0 fully saturated rings. The highest BCUT2D eigenvalue weighted by Gasteiger charge is 2.37. The third kappa shape index (κ3) is 4.99. The Morgan fingerprint density at radius 2 is 1.86 bits per heavy atom. The van der Waals surface area contributed by atoms with Crippen LogP contribution in [-0.2, 0) is 10.9 Å². The summed E-state index contributed by atoms with van der Waals surface area (Å²) in [6.45, 7) is 0.854. The minimum atomic E-state index is -4.44. The summed E-state index contributed by atoms with van der Waals surface area (Å²) in [7, 11) is -2.11. The SMILES string of the molecule is NC1=NC(c2cccc(Cl)c2)=CS1(CCOCCBr)c1cccc(C(F)(F)F)c1. The molecule has 156 valence electrons. The van der Waals surface area contributed by atoms with Gasteiger partial charge in [-0.15, -0.1) is 10.0 Å². The average molecular weight is 508 g/mol. The zero-order valence-corrected chi connectivity index (χ0v) is 18.4. The first kappa shape index (κ1) is 22.2. The summed E-state index contributed by atoms with van der Waals surface area (Å²) in [6.07, 6.45) is -4.44. The van der Waals surface area contributed by atoms with E-state index < -0.39 is 21.8 Å². The molecular weight excluding hydrogens is 489 g/mol.